The van der Waals surface area contributed by atoms with Crippen molar-refractivity contribution in [3.8, 4) is 0 Å². The van der Waals surface area contributed by atoms with Gasteiger partial charge in [-0.1, -0.05) is 0 Å². The first-order valence-electron chi connectivity index (χ1n) is 6.38. The van der Waals surface area contributed by atoms with Gasteiger partial charge in [0.25, 0.3) is 0 Å². The molecule has 1 aliphatic carbocycles. The van der Waals surface area contributed by atoms with Crippen molar-refractivity contribution in [1.82, 2.24) is 9.55 Å². The number of hydrogen-bond donors (Lipinski definition) is 1. The highest BCUT2D eigenvalue weighted by Crippen LogP contribution is 2.27. The Kier molecular flexibility index (Phi) is 3.50. The van der Waals surface area contributed by atoms with Crippen LogP contribution in [0.2, 0.25) is 0 Å². The predicted molar refractivity (Wildman–Crippen MR) is 65.2 cm³/mol. The number of fused-ring (bicyclic) bond motifs is 1. The Balaban J connectivity index is 2.19. The number of hydrogen-bond acceptors (Lipinski definition) is 2. The Labute approximate surface area is 102 Å². The van der Waals surface area contributed by atoms with Gasteiger partial charge in [-0.15, -0.1) is 0 Å². The third-order valence-corrected chi connectivity index (χ3v) is 3.56. The summed E-state index contributed by atoms with van der Waals surface area (Å²) in [5, 5.41) is 8.74. The summed E-state index contributed by atoms with van der Waals surface area (Å²) in [4.78, 5) is 15.2. The Bertz CT molecular complexity index is 423. The molecule has 0 spiro atoms. The molecule has 1 heterocycles. The van der Waals surface area contributed by atoms with E-state index in [2.05, 4.69) is 16.5 Å². The van der Waals surface area contributed by atoms with E-state index in [9.17, 15) is 4.79 Å². The van der Waals surface area contributed by atoms with Crippen LogP contribution in [0.5, 0.6) is 0 Å². The van der Waals surface area contributed by atoms with Crippen LogP contribution in [0.1, 0.15) is 55.9 Å². The van der Waals surface area contributed by atoms with Crippen molar-refractivity contribution >= 4 is 5.97 Å². The molecule has 0 saturated heterocycles. The van der Waals surface area contributed by atoms with Gasteiger partial charge in [0.05, 0.1) is 5.69 Å². The second kappa shape index (κ2) is 4.90. The van der Waals surface area contributed by atoms with Gasteiger partial charge in [0, 0.05) is 18.2 Å². The summed E-state index contributed by atoms with van der Waals surface area (Å²) in [5.74, 6) is 0.318. The van der Waals surface area contributed by atoms with Gasteiger partial charge < -0.3 is 9.67 Å². The Morgan fingerprint density at radius 2 is 2.18 bits per heavy atom. The van der Waals surface area contributed by atoms with Gasteiger partial charge in [0.2, 0.25) is 0 Å². The van der Waals surface area contributed by atoms with E-state index in [0.717, 1.165) is 18.7 Å². The third-order valence-electron chi connectivity index (χ3n) is 3.56. The van der Waals surface area contributed by atoms with Crippen LogP contribution in [0.4, 0.5) is 0 Å². The number of rotatable bonds is 4. The van der Waals surface area contributed by atoms with E-state index in [4.69, 9.17) is 5.11 Å². The molecule has 1 aromatic heterocycles. The average Bonchev–Trinajstić information content (AvgIpc) is 2.61. The van der Waals surface area contributed by atoms with Crippen LogP contribution in [-0.4, -0.2) is 20.6 Å². The van der Waals surface area contributed by atoms with Crippen molar-refractivity contribution in [2.75, 3.05) is 0 Å². The Morgan fingerprint density at radius 1 is 1.47 bits per heavy atom. The fourth-order valence-corrected chi connectivity index (χ4v) is 2.74. The van der Waals surface area contributed by atoms with Gasteiger partial charge >= 0.3 is 5.97 Å². The number of carboxylic acid groups (broad SMARTS) is 1. The first-order chi connectivity index (χ1) is 8.09. The molecule has 1 unspecified atom stereocenters. The predicted octanol–water partition coefficient (Wildman–Crippen LogP) is 2.50. The zero-order valence-corrected chi connectivity index (χ0v) is 10.6. The average molecular weight is 236 g/mol. The minimum absolute atomic E-state index is 0.230. The van der Waals surface area contributed by atoms with E-state index in [1.54, 1.807) is 0 Å². The monoisotopic (exact) mass is 236 g/mol. The number of nitrogens with zero attached hydrogens (tertiary/aromatic N) is 2. The molecule has 1 N–H and O–H groups in total. The summed E-state index contributed by atoms with van der Waals surface area (Å²) in [6.07, 6.45) is 5.53. The zero-order chi connectivity index (χ0) is 12.4. The Hall–Kier alpha value is -1.32. The van der Waals surface area contributed by atoms with Crippen LogP contribution in [0.15, 0.2) is 0 Å². The molecule has 1 aromatic rings. The van der Waals surface area contributed by atoms with Crippen molar-refractivity contribution in [2.45, 2.75) is 58.4 Å². The van der Waals surface area contributed by atoms with Crippen molar-refractivity contribution < 1.29 is 9.90 Å². The smallest absolute Gasteiger partial charge is 0.303 e. The topological polar surface area (TPSA) is 55.1 Å². The van der Waals surface area contributed by atoms with Crippen molar-refractivity contribution in [2.24, 2.45) is 0 Å². The maximum Gasteiger partial charge on any atom is 0.303 e. The lowest BCUT2D eigenvalue weighted by Crippen LogP contribution is -2.14. The summed E-state index contributed by atoms with van der Waals surface area (Å²) in [6, 6.07) is 0.237. The fourth-order valence-electron chi connectivity index (χ4n) is 2.74. The van der Waals surface area contributed by atoms with Crippen LogP contribution < -0.4 is 0 Å². The van der Waals surface area contributed by atoms with E-state index in [0.29, 0.717) is 6.42 Å². The number of aryl methyl sites for hydroxylation is 2. The molecule has 0 saturated carbocycles. The molecular weight excluding hydrogens is 216 g/mol. The lowest BCUT2D eigenvalue weighted by Gasteiger charge is -2.20. The van der Waals surface area contributed by atoms with Gasteiger partial charge in [-0.3, -0.25) is 4.79 Å². The minimum Gasteiger partial charge on any atom is -0.481 e. The standard InChI is InChI=1S/C13H20N2O2/c1-9(7-8-13(16)17)15-10(2)14-11-5-3-4-6-12(11)15/h9H,3-8H2,1-2H3,(H,16,17). The molecule has 0 amide bonds. The largest absolute Gasteiger partial charge is 0.481 e. The molecule has 94 valence electrons. The van der Waals surface area contributed by atoms with Gasteiger partial charge in [-0.05, 0) is 46.0 Å². The Morgan fingerprint density at radius 3 is 2.88 bits per heavy atom. The molecule has 1 aliphatic rings. The summed E-state index contributed by atoms with van der Waals surface area (Å²) in [5.41, 5.74) is 2.57. The third kappa shape index (κ3) is 2.51. The first-order valence-corrected chi connectivity index (χ1v) is 6.38. The van der Waals surface area contributed by atoms with Crippen molar-refractivity contribution in [1.29, 1.82) is 0 Å². The molecule has 0 bridgehead atoms. The number of aromatic nitrogens is 2. The highest BCUT2D eigenvalue weighted by atomic mass is 16.4. The highest BCUT2D eigenvalue weighted by Gasteiger charge is 2.21. The van der Waals surface area contributed by atoms with Crippen LogP contribution in [0.3, 0.4) is 0 Å². The van der Waals surface area contributed by atoms with Crippen LogP contribution >= 0.6 is 0 Å². The molecular formula is C13H20N2O2. The van der Waals surface area contributed by atoms with Crippen molar-refractivity contribution in [3.63, 3.8) is 0 Å². The number of carboxylic acids is 1. The highest BCUT2D eigenvalue weighted by molar-refractivity contribution is 5.66. The van der Waals surface area contributed by atoms with Gasteiger partial charge in [0.1, 0.15) is 5.82 Å². The number of aliphatic carboxylic acids is 1. The summed E-state index contributed by atoms with van der Waals surface area (Å²) < 4.78 is 2.25. The number of imidazole rings is 1. The SMILES string of the molecule is Cc1nc2c(n1C(C)CCC(=O)O)CCCC2. The normalized spacial score (nSPS) is 16.6. The molecule has 4 heteroatoms. The number of carbonyl (C=O) groups is 1. The quantitative estimate of drug-likeness (QED) is 0.873. The maximum absolute atomic E-state index is 10.6. The first kappa shape index (κ1) is 12.1. The molecule has 4 nitrogen and oxygen atoms in total. The second-order valence-corrected chi connectivity index (χ2v) is 4.91. The van der Waals surface area contributed by atoms with E-state index in [-0.39, 0.29) is 12.5 Å². The lowest BCUT2D eigenvalue weighted by atomic mass is 10.0. The maximum atomic E-state index is 10.6. The van der Waals surface area contributed by atoms with E-state index in [1.165, 1.54) is 24.2 Å². The van der Waals surface area contributed by atoms with E-state index in [1.807, 2.05) is 6.92 Å². The van der Waals surface area contributed by atoms with Crippen LogP contribution in [0.25, 0.3) is 0 Å². The lowest BCUT2D eigenvalue weighted by molar-refractivity contribution is -0.137. The van der Waals surface area contributed by atoms with Crippen molar-refractivity contribution in [3.05, 3.63) is 17.2 Å². The van der Waals surface area contributed by atoms with Crippen LogP contribution in [-0.2, 0) is 17.6 Å². The molecule has 1 atom stereocenters. The minimum atomic E-state index is -0.719. The van der Waals surface area contributed by atoms with Crippen LogP contribution in [0, 0.1) is 6.92 Å². The fraction of sp³-hybridized carbons (Fsp3) is 0.692. The summed E-state index contributed by atoms with van der Waals surface area (Å²) >= 11 is 0. The molecule has 0 aliphatic heterocycles. The molecule has 0 fully saturated rings. The molecule has 17 heavy (non-hydrogen) atoms. The van der Waals surface area contributed by atoms with Gasteiger partial charge in [-0.2, -0.15) is 0 Å². The van der Waals surface area contributed by atoms with E-state index >= 15 is 0 Å². The second-order valence-electron chi connectivity index (χ2n) is 4.91. The van der Waals surface area contributed by atoms with Gasteiger partial charge in [-0.25, -0.2) is 4.98 Å². The molecule has 0 aromatic carbocycles. The molecule has 0 radical (unpaired) electrons. The summed E-state index contributed by atoms with van der Waals surface area (Å²) in [7, 11) is 0. The molecule has 2 rings (SSSR count). The van der Waals surface area contributed by atoms with Gasteiger partial charge in [0.15, 0.2) is 0 Å². The zero-order valence-electron chi connectivity index (χ0n) is 10.6. The van der Waals surface area contributed by atoms with E-state index < -0.39 is 5.97 Å². The summed E-state index contributed by atoms with van der Waals surface area (Å²) in [6.45, 7) is 4.11.